The molecule has 0 aliphatic carbocycles. The summed E-state index contributed by atoms with van der Waals surface area (Å²) in [5.74, 6) is 1.05. The van der Waals surface area contributed by atoms with Crippen LogP contribution in [0.4, 0.5) is 4.39 Å². The molecule has 2 aromatic carbocycles. The van der Waals surface area contributed by atoms with Gasteiger partial charge >= 0.3 is 0 Å². The zero-order valence-electron chi connectivity index (χ0n) is 16.7. The normalized spacial score (nSPS) is 23.3. The van der Waals surface area contributed by atoms with Gasteiger partial charge in [-0.25, -0.2) is 4.39 Å². The van der Waals surface area contributed by atoms with Crippen molar-refractivity contribution in [3.8, 4) is 11.5 Å². The molecule has 5 nitrogen and oxygen atoms in total. The Morgan fingerprint density at radius 3 is 2.80 bits per heavy atom. The average Bonchev–Trinajstić information content (AvgIpc) is 3.36. The smallest absolute Gasteiger partial charge is 0.253 e. The lowest BCUT2D eigenvalue weighted by molar-refractivity contribution is 0.0675. The van der Waals surface area contributed by atoms with Crippen LogP contribution >= 0.6 is 11.6 Å². The highest BCUT2D eigenvalue weighted by Gasteiger charge is 2.42. The quantitative estimate of drug-likeness (QED) is 0.726. The summed E-state index contributed by atoms with van der Waals surface area (Å²) < 4.78 is 24.3. The summed E-state index contributed by atoms with van der Waals surface area (Å²) in [6.07, 6.45) is 3.23. The average molecular weight is 431 g/mol. The molecule has 158 valence electrons. The summed E-state index contributed by atoms with van der Waals surface area (Å²) in [4.78, 5) is 17.3. The van der Waals surface area contributed by atoms with Gasteiger partial charge in [0.2, 0.25) is 6.79 Å². The molecule has 0 bridgehead atoms. The molecular weight excluding hydrogens is 407 g/mol. The van der Waals surface area contributed by atoms with Gasteiger partial charge in [0, 0.05) is 37.2 Å². The number of hydrogen-bond donors (Lipinski definition) is 0. The number of fused-ring (bicyclic) bond motifs is 1. The largest absolute Gasteiger partial charge is 0.454 e. The molecule has 1 spiro atoms. The molecule has 1 amide bonds. The molecule has 3 aliphatic heterocycles. The van der Waals surface area contributed by atoms with Crippen molar-refractivity contribution in [1.82, 2.24) is 9.80 Å². The topological polar surface area (TPSA) is 42.0 Å². The SMILES string of the molecule is O=C(c1ccc(F)c(Cl)c1)N1CCC2(CCCN(Cc3ccc4c(c3)OCO4)C2)C1. The standard InChI is InChI=1S/C23H24ClFN2O3/c24-18-11-17(3-4-19(18)25)22(28)27-9-7-23(14-27)6-1-8-26(13-23)12-16-2-5-20-21(10-16)30-15-29-20/h2-5,10-11H,1,6-9,12-15H2. The molecule has 2 aromatic rings. The fourth-order valence-corrected chi connectivity index (χ4v) is 5.18. The summed E-state index contributed by atoms with van der Waals surface area (Å²) in [6.45, 7) is 4.63. The van der Waals surface area contributed by atoms with Crippen molar-refractivity contribution in [3.05, 3.63) is 58.4 Å². The monoisotopic (exact) mass is 430 g/mol. The number of rotatable bonds is 3. The van der Waals surface area contributed by atoms with Crippen molar-refractivity contribution in [3.63, 3.8) is 0 Å². The van der Waals surface area contributed by atoms with E-state index in [1.54, 1.807) is 0 Å². The van der Waals surface area contributed by atoms with Gasteiger partial charge in [0.25, 0.3) is 5.91 Å². The molecule has 1 atom stereocenters. The van der Waals surface area contributed by atoms with E-state index in [0.717, 1.165) is 63.5 Å². The van der Waals surface area contributed by atoms with E-state index < -0.39 is 5.82 Å². The highest BCUT2D eigenvalue weighted by molar-refractivity contribution is 6.31. The molecule has 2 saturated heterocycles. The molecule has 3 heterocycles. The first-order chi connectivity index (χ1) is 14.5. The lowest BCUT2D eigenvalue weighted by Gasteiger charge is -2.40. The van der Waals surface area contributed by atoms with Crippen molar-refractivity contribution >= 4 is 17.5 Å². The first-order valence-corrected chi connectivity index (χ1v) is 10.7. The van der Waals surface area contributed by atoms with Crippen LogP contribution in [0, 0.1) is 11.2 Å². The Labute approximate surface area is 180 Å². The number of likely N-dealkylation sites (tertiary alicyclic amines) is 2. The summed E-state index contributed by atoms with van der Waals surface area (Å²) in [5.41, 5.74) is 1.78. The van der Waals surface area contributed by atoms with Gasteiger partial charge in [-0.05, 0) is 61.7 Å². The number of carbonyl (C=O) groups excluding carboxylic acids is 1. The molecule has 2 fully saturated rings. The maximum absolute atomic E-state index is 13.4. The minimum Gasteiger partial charge on any atom is -0.454 e. The molecule has 0 N–H and O–H groups in total. The molecule has 0 aromatic heterocycles. The fourth-order valence-electron chi connectivity index (χ4n) is 5.00. The molecule has 5 rings (SSSR count). The molecule has 7 heteroatoms. The second-order valence-corrected chi connectivity index (χ2v) is 9.01. The van der Waals surface area contributed by atoms with Crippen molar-refractivity contribution in [2.75, 3.05) is 33.0 Å². The van der Waals surface area contributed by atoms with Crippen LogP contribution in [0.5, 0.6) is 11.5 Å². The molecular formula is C23H24ClFN2O3. The number of benzene rings is 2. The van der Waals surface area contributed by atoms with E-state index in [1.165, 1.54) is 23.8 Å². The van der Waals surface area contributed by atoms with Gasteiger partial charge in [0.15, 0.2) is 11.5 Å². The van der Waals surface area contributed by atoms with Crippen LogP contribution in [-0.2, 0) is 6.54 Å². The van der Waals surface area contributed by atoms with Gasteiger partial charge in [-0.3, -0.25) is 9.69 Å². The molecule has 1 unspecified atom stereocenters. The van der Waals surface area contributed by atoms with Crippen LogP contribution < -0.4 is 9.47 Å². The lowest BCUT2D eigenvalue weighted by atomic mass is 9.79. The first-order valence-electron chi connectivity index (χ1n) is 10.4. The number of amides is 1. The molecule has 3 aliphatic rings. The molecule has 0 radical (unpaired) electrons. The van der Waals surface area contributed by atoms with E-state index in [0.29, 0.717) is 5.56 Å². The number of ether oxygens (including phenoxy) is 2. The predicted molar refractivity (Wildman–Crippen MR) is 111 cm³/mol. The number of nitrogens with zero attached hydrogens (tertiary/aromatic N) is 2. The van der Waals surface area contributed by atoms with Crippen molar-refractivity contribution in [2.45, 2.75) is 25.8 Å². The van der Waals surface area contributed by atoms with E-state index >= 15 is 0 Å². The second kappa shape index (κ2) is 7.75. The third-order valence-corrected chi connectivity index (χ3v) is 6.77. The Balaban J connectivity index is 1.25. The Morgan fingerprint density at radius 1 is 1.07 bits per heavy atom. The highest BCUT2D eigenvalue weighted by Crippen LogP contribution is 2.40. The maximum Gasteiger partial charge on any atom is 0.253 e. The van der Waals surface area contributed by atoms with Crippen LogP contribution in [0.3, 0.4) is 0 Å². The number of halogens is 2. The maximum atomic E-state index is 13.4. The van der Waals surface area contributed by atoms with E-state index in [1.807, 2.05) is 11.0 Å². The Hall–Kier alpha value is -2.31. The zero-order valence-corrected chi connectivity index (χ0v) is 17.5. The zero-order chi connectivity index (χ0) is 20.7. The minimum atomic E-state index is -0.502. The minimum absolute atomic E-state index is 0.0117. The summed E-state index contributed by atoms with van der Waals surface area (Å²) in [5, 5.41) is -0.0117. The van der Waals surface area contributed by atoms with Gasteiger partial charge in [-0.2, -0.15) is 0 Å². The van der Waals surface area contributed by atoms with Crippen molar-refractivity contribution in [2.24, 2.45) is 5.41 Å². The highest BCUT2D eigenvalue weighted by atomic mass is 35.5. The fraction of sp³-hybridized carbons (Fsp3) is 0.435. The van der Waals surface area contributed by atoms with Gasteiger partial charge in [0.1, 0.15) is 5.82 Å². The number of hydrogen-bond acceptors (Lipinski definition) is 4. The van der Waals surface area contributed by atoms with Crippen LogP contribution in [0.15, 0.2) is 36.4 Å². The van der Waals surface area contributed by atoms with Crippen LogP contribution in [0.25, 0.3) is 0 Å². The van der Waals surface area contributed by atoms with Gasteiger partial charge in [-0.15, -0.1) is 0 Å². The van der Waals surface area contributed by atoms with Gasteiger partial charge < -0.3 is 14.4 Å². The van der Waals surface area contributed by atoms with Crippen molar-refractivity contribution < 1.29 is 18.7 Å². The molecule has 0 saturated carbocycles. The molecule has 30 heavy (non-hydrogen) atoms. The van der Waals surface area contributed by atoms with Crippen LogP contribution in [-0.4, -0.2) is 48.7 Å². The van der Waals surface area contributed by atoms with Gasteiger partial charge in [0.05, 0.1) is 5.02 Å². The predicted octanol–water partition coefficient (Wildman–Crippen LogP) is 4.34. The van der Waals surface area contributed by atoms with E-state index in [2.05, 4.69) is 17.0 Å². The van der Waals surface area contributed by atoms with Gasteiger partial charge in [-0.1, -0.05) is 17.7 Å². The van der Waals surface area contributed by atoms with Crippen LogP contribution in [0.1, 0.15) is 35.2 Å². The first kappa shape index (κ1) is 19.6. The lowest BCUT2D eigenvalue weighted by Crippen LogP contribution is -2.45. The third-order valence-electron chi connectivity index (χ3n) is 6.48. The summed E-state index contributed by atoms with van der Waals surface area (Å²) in [7, 11) is 0. The number of carbonyl (C=O) groups is 1. The Kier molecular flexibility index (Phi) is 5.07. The van der Waals surface area contributed by atoms with Crippen molar-refractivity contribution in [1.29, 1.82) is 0 Å². The Bertz CT molecular complexity index is 985. The summed E-state index contributed by atoms with van der Waals surface area (Å²) in [6, 6.07) is 10.3. The Morgan fingerprint density at radius 2 is 1.93 bits per heavy atom. The van der Waals surface area contributed by atoms with E-state index in [-0.39, 0.29) is 23.1 Å². The second-order valence-electron chi connectivity index (χ2n) is 8.61. The number of piperidine rings is 1. The van der Waals surface area contributed by atoms with E-state index in [4.69, 9.17) is 21.1 Å². The van der Waals surface area contributed by atoms with Crippen LogP contribution in [0.2, 0.25) is 5.02 Å². The summed E-state index contributed by atoms with van der Waals surface area (Å²) >= 11 is 5.87. The van der Waals surface area contributed by atoms with E-state index in [9.17, 15) is 9.18 Å². The third kappa shape index (κ3) is 3.74.